The lowest BCUT2D eigenvalue weighted by atomic mass is 9.88. The van der Waals surface area contributed by atoms with Crippen LogP contribution in [0.2, 0.25) is 0 Å². The minimum Gasteiger partial charge on any atom is -0.496 e. The van der Waals surface area contributed by atoms with Gasteiger partial charge in [0.2, 0.25) is 5.91 Å². The Hall–Kier alpha value is -2.86. The number of carbonyl (C=O) groups excluding carboxylic acids is 1. The number of hydrogen-bond donors (Lipinski definition) is 2. The van der Waals surface area contributed by atoms with Gasteiger partial charge in [-0.05, 0) is 36.5 Å². The Morgan fingerprint density at radius 1 is 1.17 bits per heavy atom. The summed E-state index contributed by atoms with van der Waals surface area (Å²) in [7, 11) is 1.56. The Bertz CT molecular complexity index is 823. The van der Waals surface area contributed by atoms with Crippen molar-refractivity contribution in [3.05, 3.63) is 65.7 Å². The summed E-state index contributed by atoms with van der Waals surface area (Å²) in [5.74, 6) is -1.53. The first-order chi connectivity index (χ1) is 14.1. The van der Waals surface area contributed by atoms with Crippen LogP contribution in [0.4, 0.5) is 0 Å². The van der Waals surface area contributed by atoms with Crippen LogP contribution in [0.1, 0.15) is 30.1 Å². The van der Waals surface area contributed by atoms with E-state index in [9.17, 15) is 14.7 Å². The maximum absolute atomic E-state index is 12.9. The van der Waals surface area contributed by atoms with E-state index in [2.05, 4.69) is 5.32 Å². The van der Waals surface area contributed by atoms with Crippen molar-refractivity contribution in [2.45, 2.75) is 25.4 Å². The molecule has 1 saturated heterocycles. The summed E-state index contributed by atoms with van der Waals surface area (Å²) in [6.07, 6.45) is 1.51. The molecule has 1 aliphatic rings. The summed E-state index contributed by atoms with van der Waals surface area (Å²) in [5.41, 5.74) is 1.77. The standard InChI is InChI=1S/C23H27NO5/c1-28-20-12-6-5-10-17(20)14-18(23(26)27)15-24-22(25)19-11-7-13-29-21(19)16-8-3-2-4-9-16/h2-6,8-10,12,18-19,21H,7,11,13-15H2,1H3,(H,24,25)(H,26,27). The molecule has 2 N–H and O–H groups in total. The summed E-state index contributed by atoms with van der Waals surface area (Å²) >= 11 is 0. The molecule has 6 nitrogen and oxygen atoms in total. The van der Waals surface area contributed by atoms with E-state index < -0.39 is 11.9 Å². The maximum Gasteiger partial charge on any atom is 0.308 e. The zero-order chi connectivity index (χ0) is 20.6. The van der Waals surface area contributed by atoms with E-state index in [1.165, 1.54) is 0 Å². The van der Waals surface area contributed by atoms with Gasteiger partial charge in [0.1, 0.15) is 5.75 Å². The monoisotopic (exact) mass is 397 g/mol. The lowest BCUT2D eigenvalue weighted by Crippen LogP contribution is -2.41. The molecule has 0 spiro atoms. The first-order valence-corrected chi connectivity index (χ1v) is 9.89. The van der Waals surface area contributed by atoms with E-state index >= 15 is 0 Å². The number of hydrogen-bond acceptors (Lipinski definition) is 4. The van der Waals surface area contributed by atoms with Crippen molar-refractivity contribution in [3.63, 3.8) is 0 Å². The Morgan fingerprint density at radius 3 is 2.62 bits per heavy atom. The second kappa shape index (κ2) is 10.1. The number of carboxylic acids is 1. The predicted molar refractivity (Wildman–Crippen MR) is 109 cm³/mol. The Balaban J connectivity index is 1.65. The average molecular weight is 397 g/mol. The highest BCUT2D eigenvalue weighted by molar-refractivity contribution is 5.80. The zero-order valence-corrected chi connectivity index (χ0v) is 16.5. The quantitative estimate of drug-likeness (QED) is 0.714. The molecule has 3 atom stereocenters. The molecule has 1 aliphatic heterocycles. The largest absolute Gasteiger partial charge is 0.496 e. The van der Waals surface area contributed by atoms with E-state index in [4.69, 9.17) is 9.47 Å². The SMILES string of the molecule is COc1ccccc1CC(CNC(=O)C1CCCOC1c1ccccc1)C(=O)O. The molecule has 29 heavy (non-hydrogen) atoms. The van der Waals surface area contributed by atoms with Crippen LogP contribution >= 0.6 is 0 Å². The molecule has 3 rings (SSSR count). The topological polar surface area (TPSA) is 84.9 Å². The molecule has 0 radical (unpaired) electrons. The van der Waals surface area contributed by atoms with Crippen molar-refractivity contribution in [1.82, 2.24) is 5.32 Å². The van der Waals surface area contributed by atoms with E-state index in [-0.39, 0.29) is 30.9 Å². The van der Waals surface area contributed by atoms with E-state index in [1.54, 1.807) is 13.2 Å². The molecule has 3 unspecified atom stereocenters. The van der Waals surface area contributed by atoms with Gasteiger partial charge in [0.25, 0.3) is 0 Å². The van der Waals surface area contributed by atoms with Crippen molar-refractivity contribution in [2.75, 3.05) is 20.3 Å². The van der Waals surface area contributed by atoms with Crippen molar-refractivity contribution in [1.29, 1.82) is 0 Å². The van der Waals surface area contributed by atoms with Gasteiger partial charge in [-0.25, -0.2) is 0 Å². The van der Waals surface area contributed by atoms with Gasteiger partial charge in [-0.2, -0.15) is 0 Å². The first kappa shape index (κ1) is 20.9. The van der Waals surface area contributed by atoms with Gasteiger partial charge < -0.3 is 19.9 Å². The van der Waals surface area contributed by atoms with Crippen LogP contribution < -0.4 is 10.1 Å². The lowest BCUT2D eigenvalue weighted by Gasteiger charge is -2.31. The Labute approximate surface area is 170 Å². The highest BCUT2D eigenvalue weighted by Crippen LogP contribution is 2.33. The van der Waals surface area contributed by atoms with Gasteiger partial charge in [-0.3, -0.25) is 9.59 Å². The fourth-order valence-corrected chi connectivity index (χ4v) is 3.76. The van der Waals surface area contributed by atoms with Gasteiger partial charge in [-0.1, -0.05) is 48.5 Å². The molecule has 154 valence electrons. The number of carboxylic acid groups (broad SMARTS) is 1. The third kappa shape index (κ3) is 5.35. The van der Waals surface area contributed by atoms with Gasteiger partial charge in [-0.15, -0.1) is 0 Å². The van der Waals surface area contributed by atoms with Gasteiger partial charge in [0.15, 0.2) is 0 Å². The van der Waals surface area contributed by atoms with Crippen LogP contribution in [0.15, 0.2) is 54.6 Å². The first-order valence-electron chi connectivity index (χ1n) is 9.89. The fourth-order valence-electron chi connectivity index (χ4n) is 3.76. The molecular formula is C23H27NO5. The third-order valence-corrected chi connectivity index (χ3v) is 5.32. The van der Waals surface area contributed by atoms with Crippen molar-refractivity contribution in [2.24, 2.45) is 11.8 Å². The highest BCUT2D eigenvalue weighted by Gasteiger charge is 2.33. The molecule has 2 aromatic rings. The summed E-state index contributed by atoms with van der Waals surface area (Å²) in [6.45, 7) is 0.680. The van der Waals surface area contributed by atoms with Crippen molar-refractivity contribution >= 4 is 11.9 Å². The Morgan fingerprint density at radius 2 is 1.90 bits per heavy atom. The van der Waals surface area contributed by atoms with E-state index in [1.807, 2.05) is 48.5 Å². The molecule has 0 aromatic heterocycles. The van der Waals surface area contributed by atoms with Crippen LogP contribution in [0, 0.1) is 11.8 Å². The van der Waals surface area contributed by atoms with Crippen molar-refractivity contribution < 1.29 is 24.2 Å². The third-order valence-electron chi connectivity index (χ3n) is 5.32. The van der Waals surface area contributed by atoms with Crippen LogP contribution in [-0.2, 0) is 20.7 Å². The number of nitrogens with one attached hydrogen (secondary N) is 1. The molecule has 0 saturated carbocycles. The number of benzene rings is 2. The van der Waals surface area contributed by atoms with Crippen LogP contribution in [0.3, 0.4) is 0 Å². The summed E-state index contributed by atoms with van der Waals surface area (Å²) in [6, 6.07) is 17.0. The number of carbonyl (C=O) groups is 2. The van der Waals surface area contributed by atoms with E-state index in [0.29, 0.717) is 12.4 Å². The number of para-hydroxylation sites is 1. The molecule has 1 heterocycles. The number of rotatable bonds is 8. The van der Waals surface area contributed by atoms with Gasteiger partial charge in [0.05, 0.1) is 25.0 Å². The van der Waals surface area contributed by atoms with Gasteiger partial charge >= 0.3 is 5.97 Å². The molecule has 0 aliphatic carbocycles. The normalized spacial score (nSPS) is 19.9. The highest BCUT2D eigenvalue weighted by atomic mass is 16.5. The minimum absolute atomic E-state index is 0.0597. The van der Waals surface area contributed by atoms with Crippen LogP contribution in [-0.4, -0.2) is 37.2 Å². The zero-order valence-electron chi connectivity index (χ0n) is 16.5. The Kier molecular flexibility index (Phi) is 7.25. The second-order valence-electron chi connectivity index (χ2n) is 7.25. The summed E-state index contributed by atoms with van der Waals surface area (Å²) in [5, 5.41) is 12.5. The molecule has 6 heteroatoms. The van der Waals surface area contributed by atoms with E-state index in [0.717, 1.165) is 24.0 Å². The predicted octanol–water partition coefficient (Wildman–Crippen LogP) is 3.22. The number of aliphatic carboxylic acids is 1. The summed E-state index contributed by atoms with van der Waals surface area (Å²) < 4.78 is 11.2. The maximum atomic E-state index is 12.9. The van der Waals surface area contributed by atoms with Crippen LogP contribution in [0.25, 0.3) is 0 Å². The van der Waals surface area contributed by atoms with Crippen LogP contribution in [0.5, 0.6) is 5.75 Å². The molecule has 2 aromatic carbocycles. The molecule has 1 amide bonds. The molecular weight excluding hydrogens is 370 g/mol. The number of methoxy groups -OCH3 is 1. The molecule has 0 bridgehead atoms. The summed E-state index contributed by atoms with van der Waals surface area (Å²) in [4.78, 5) is 24.6. The minimum atomic E-state index is -0.948. The number of amides is 1. The number of ether oxygens (including phenoxy) is 2. The second-order valence-corrected chi connectivity index (χ2v) is 7.25. The average Bonchev–Trinajstić information content (AvgIpc) is 2.77. The van der Waals surface area contributed by atoms with Crippen molar-refractivity contribution in [3.8, 4) is 5.75 Å². The smallest absolute Gasteiger partial charge is 0.308 e. The molecule has 1 fully saturated rings. The van der Waals surface area contributed by atoms with Gasteiger partial charge in [0, 0.05) is 13.2 Å². The lowest BCUT2D eigenvalue weighted by molar-refractivity contribution is -0.142. The fraction of sp³-hybridized carbons (Fsp3) is 0.391.